The first-order valence-corrected chi connectivity index (χ1v) is 11.9. The first kappa shape index (κ1) is 20.6. The maximum atomic E-state index is 12.3. The van der Waals surface area contributed by atoms with Crippen LogP contribution in [-0.4, -0.2) is 50.9 Å². The van der Waals surface area contributed by atoms with Crippen molar-refractivity contribution in [2.45, 2.75) is 56.8 Å². The normalized spacial score (nSPS) is 26.8. The zero-order chi connectivity index (χ0) is 22.4. The van der Waals surface area contributed by atoms with Crippen LogP contribution in [-0.2, 0) is 18.2 Å². The third-order valence-electron chi connectivity index (χ3n) is 7.32. The van der Waals surface area contributed by atoms with Gasteiger partial charge < -0.3 is 18.9 Å². The van der Waals surface area contributed by atoms with Crippen molar-refractivity contribution >= 4 is 16.7 Å². The second-order valence-corrected chi connectivity index (χ2v) is 9.62. The van der Waals surface area contributed by atoms with Crippen molar-refractivity contribution in [2.24, 2.45) is 13.0 Å². The van der Waals surface area contributed by atoms with Gasteiger partial charge in [-0.25, -0.2) is 15.0 Å². The van der Waals surface area contributed by atoms with Gasteiger partial charge in [0.1, 0.15) is 17.1 Å². The van der Waals surface area contributed by atoms with Gasteiger partial charge in [0.15, 0.2) is 0 Å². The number of hydrogen-bond acceptors (Lipinski definition) is 7. The molecule has 33 heavy (non-hydrogen) atoms. The number of rotatable bonds is 5. The Hall–Kier alpha value is -3.00. The van der Waals surface area contributed by atoms with Gasteiger partial charge >= 0.3 is 0 Å². The summed E-state index contributed by atoms with van der Waals surface area (Å²) < 4.78 is 14.0. The van der Waals surface area contributed by atoms with Crippen LogP contribution >= 0.6 is 0 Å². The Morgan fingerprint density at radius 3 is 2.52 bits per heavy atom. The van der Waals surface area contributed by atoms with Crippen LogP contribution in [0.2, 0.25) is 0 Å². The first-order chi connectivity index (χ1) is 16.1. The van der Waals surface area contributed by atoms with E-state index in [0.29, 0.717) is 18.1 Å². The number of benzene rings is 1. The summed E-state index contributed by atoms with van der Waals surface area (Å²) in [7, 11) is 1.79. The molecule has 1 saturated carbocycles. The molecular weight excluding hydrogens is 418 g/mol. The molecule has 3 aliphatic heterocycles. The van der Waals surface area contributed by atoms with E-state index < -0.39 is 0 Å². The van der Waals surface area contributed by atoms with Gasteiger partial charge in [-0.3, -0.25) is 4.79 Å². The lowest BCUT2D eigenvalue weighted by Gasteiger charge is -2.48. The quantitative estimate of drug-likeness (QED) is 0.595. The lowest BCUT2D eigenvalue weighted by molar-refractivity contribution is -0.133. The number of nitrogens with zero attached hydrogens (tertiary/aromatic N) is 5. The summed E-state index contributed by atoms with van der Waals surface area (Å²) in [5, 5.41) is 0. The molecule has 0 N–H and O–H groups in total. The highest BCUT2D eigenvalue weighted by Gasteiger charge is 2.38. The van der Waals surface area contributed by atoms with Crippen molar-refractivity contribution in [3.05, 3.63) is 53.0 Å². The van der Waals surface area contributed by atoms with Crippen molar-refractivity contribution in [1.82, 2.24) is 19.5 Å². The fourth-order valence-corrected chi connectivity index (χ4v) is 5.50. The summed E-state index contributed by atoms with van der Waals surface area (Å²) in [6, 6.07) is 6.02. The molecule has 3 saturated heterocycles. The second kappa shape index (κ2) is 8.41. The third kappa shape index (κ3) is 4.08. The minimum absolute atomic E-state index is 0.126. The van der Waals surface area contributed by atoms with Gasteiger partial charge in [-0.05, 0) is 43.7 Å². The van der Waals surface area contributed by atoms with Gasteiger partial charge in [0, 0.05) is 57.1 Å². The van der Waals surface area contributed by atoms with Crippen LogP contribution in [0.25, 0.3) is 11.0 Å². The van der Waals surface area contributed by atoms with E-state index in [0.717, 1.165) is 79.9 Å². The SMILES string of the molecule is Cn1c(=O)cnc2cc(N3CC4CC(C3)O4)cc(OC3CCC(Cc4ncccn4)CC3)c21. The van der Waals surface area contributed by atoms with Crippen LogP contribution in [0.15, 0.2) is 41.6 Å². The van der Waals surface area contributed by atoms with E-state index in [4.69, 9.17) is 9.47 Å². The van der Waals surface area contributed by atoms with Gasteiger partial charge in [0.05, 0.1) is 30.0 Å². The number of piperidine rings is 1. The number of fused-ring (bicyclic) bond motifs is 3. The molecule has 2 bridgehead atoms. The van der Waals surface area contributed by atoms with Crippen molar-refractivity contribution in [2.75, 3.05) is 18.0 Å². The molecule has 8 nitrogen and oxygen atoms in total. The monoisotopic (exact) mass is 447 g/mol. The van der Waals surface area contributed by atoms with Gasteiger partial charge in [-0.2, -0.15) is 0 Å². The largest absolute Gasteiger partial charge is 0.488 e. The van der Waals surface area contributed by atoms with Crippen molar-refractivity contribution in [3.8, 4) is 5.75 Å². The highest BCUT2D eigenvalue weighted by atomic mass is 16.5. The topological polar surface area (TPSA) is 82.4 Å². The van der Waals surface area contributed by atoms with Crippen molar-refractivity contribution in [1.29, 1.82) is 0 Å². The Bertz CT molecular complexity index is 1190. The minimum Gasteiger partial charge on any atom is -0.488 e. The Kier molecular flexibility index (Phi) is 5.25. The summed E-state index contributed by atoms with van der Waals surface area (Å²) in [5.74, 6) is 2.26. The van der Waals surface area contributed by atoms with Gasteiger partial charge in [0.25, 0.3) is 5.56 Å². The number of aryl methyl sites for hydroxylation is 1. The van der Waals surface area contributed by atoms with Crippen LogP contribution in [0, 0.1) is 5.92 Å². The molecular formula is C25H29N5O3. The zero-order valence-corrected chi connectivity index (χ0v) is 18.9. The van der Waals surface area contributed by atoms with Gasteiger partial charge in [-0.1, -0.05) is 0 Å². The molecule has 5 heterocycles. The lowest BCUT2D eigenvalue weighted by atomic mass is 9.85. The standard InChI is InChI=1S/C25H29N5O3/c1-29-24(31)13-28-21-10-17(30-14-19-12-20(15-30)32-19)11-22(25(21)29)33-18-5-3-16(4-6-18)9-23-26-7-2-8-27-23/h2,7-8,10-11,13,16,18-20H,3-6,9,12,14-15H2,1H3. The van der Waals surface area contributed by atoms with E-state index in [1.807, 2.05) is 18.5 Å². The molecule has 4 aliphatic rings. The molecule has 1 aromatic carbocycles. The molecule has 2 unspecified atom stereocenters. The predicted octanol–water partition coefficient (Wildman–Crippen LogP) is 2.88. The summed E-state index contributed by atoms with van der Waals surface area (Å²) in [5.41, 5.74) is 2.53. The average Bonchev–Trinajstić information content (AvgIpc) is 2.83. The molecule has 0 amide bonds. The average molecular weight is 448 g/mol. The molecule has 2 aromatic heterocycles. The Morgan fingerprint density at radius 1 is 1.06 bits per heavy atom. The molecule has 8 heteroatoms. The highest BCUT2D eigenvalue weighted by molar-refractivity contribution is 5.86. The number of aromatic nitrogens is 4. The minimum atomic E-state index is -0.126. The third-order valence-corrected chi connectivity index (χ3v) is 7.32. The summed E-state index contributed by atoms with van der Waals surface area (Å²) >= 11 is 0. The first-order valence-electron chi connectivity index (χ1n) is 11.9. The Morgan fingerprint density at radius 2 is 1.79 bits per heavy atom. The molecule has 3 aromatic rings. The summed E-state index contributed by atoms with van der Waals surface area (Å²) in [6.45, 7) is 1.78. The van der Waals surface area contributed by atoms with Crippen LogP contribution < -0.4 is 15.2 Å². The maximum absolute atomic E-state index is 12.3. The van der Waals surface area contributed by atoms with Crippen LogP contribution in [0.3, 0.4) is 0 Å². The molecule has 0 radical (unpaired) electrons. The zero-order valence-electron chi connectivity index (χ0n) is 18.9. The number of ether oxygens (including phenoxy) is 2. The molecule has 1 aliphatic carbocycles. The van der Waals surface area contributed by atoms with Crippen LogP contribution in [0.1, 0.15) is 37.9 Å². The Balaban J connectivity index is 1.23. The number of anilines is 1. The van der Waals surface area contributed by atoms with E-state index in [9.17, 15) is 4.79 Å². The maximum Gasteiger partial charge on any atom is 0.269 e. The highest BCUT2D eigenvalue weighted by Crippen LogP contribution is 2.37. The van der Waals surface area contributed by atoms with Crippen molar-refractivity contribution in [3.63, 3.8) is 0 Å². The molecule has 172 valence electrons. The number of morpholine rings is 1. The van der Waals surface area contributed by atoms with Gasteiger partial charge in [0.2, 0.25) is 0 Å². The van der Waals surface area contributed by atoms with Gasteiger partial charge in [-0.15, -0.1) is 0 Å². The summed E-state index contributed by atoms with van der Waals surface area (Å²) in [4.78, 5) is 27.9. The fraction of sp³-hybridized carbons (Fsp3) is 0.520. The van der Waals surface area contributed by atoms with E-state index >= 15 is 0 Å². The predicted molar refractivity (Wildman–Crippen MR) is 125 cm³/mol. The smallest absolute Gasteiger partial charge is 0.269 e. The molecule has 7 rings (SSSR count). The molecule has 2 atom stereocenters. The lowest BCUT2D eigenvalue weighted by Crippen LogP contribution is -2.57. The van der Waals surface area contributed by atoms with Crippen LogP contribution in [0.4, 0.5) is 5.69 Å². The summed E-state index contributed by atoms with van der Waals surface area (Å²) in [6.07, 6.45) is 12.0. The molecule has 4 fully saturated rings. The Labute approximate surface area is 192 Å². The van der Waals surface area contributed by atoms with E-state index in [1.165, 1.54) is 6.20 Å². The molecule has 0 spiro atoms. The van der Waals surface area contributed by atoms with Crippen LogP contribution in [0.5, 0.6) is 5.75 Å². The van der Waals surface area contributed by atoms with E-state index in [2.05, 4.69) is 32.0 Å². The number of hydrogen-bond donors (Lipinski definition) is 0. The van der Waals surface area contributed by atoms with Crippen molar-refractivity contribution < 1.29 is 9.47 Å². The van der Waals surface area contributed by atoms with E-state index in [1.54, 1.807) is 11.6 Å². The second-order valence-electron chi connectivity index (χ2n) is 9.62. The fourth-order valence-electron chi connectivity index (χ4n) is 5.50. The van der Waals surface area contributed by atoms with E-state index in [-0.39, 0.29) is 11.7 Å².